The minimum absolute atomic E-state index is 0.0752. The Kier molecular flexibility index (Phi) is 4.04. The number of pyridine rings is 1. The van der Waals surface area contributed by atoms with E-state index in [-0.39, 0.29) is 11.6 Å². The van der Waals surface area contributed by atoms with Gasteiger partial charge in [-0.15, -0.1) is 0 Å². The number of nitrogens with zero attached hydrogens (tertiary/aromatic N) is 1. The number of nitrogen functional groups attached to an aromatic ring is 1. The van der Waals surface area contributed by atoms with Gasteiger partial charge >= 0.3 is 0 Å². The molecule has 0 amide bonds. The van der Waals surface area contributed by atoms with E-state index in [9.17, 15) is 8.42 Å². The van der Waals surface area contributed by atoms with E-state index in [4.69, 9.17) is 17.3 Å². The lowest BCUT2D eigenvalue weighted by atomic mass is 10.2. The van der Waals surface area contributed by atoms with Crippen molar-refractivity contribution in [2.45, 2.75) is 11.6 Å². The van der Waals surface area contributed by atoms with Crippen LogP contribution in [-0.4, -0.2) is 13.4 Å². The molecule has 1 aromatic heterocycles. The largest absolute Gasteiger partial charge is 0.397 e. The van der Waals surface area contributed by atoms with E-state index in [0.29, 0.717) is 16.3 Å². The molecule has 0 fully saturated rings. The van der Waals surface area contributed by atoms with Gasteiger partial charge in [-0.25, -0.2) is 18.1 Å². The smallest absolute Gasteiger partial charge is 0.258 e. The van der Waals surface area contributed by atoms with Gasteiger partial charge in [0, 0.05) is 11.6 Å². The van der Waals surface area contributed by atoms with Crippen LogP contribution in [-0.2, 0) is 16.6 Å². The van der Waals surface area contributed by atoms with Gasteiger partial charge in [0.15, 0.2) is 5.03 Å². The predicted octanol–water partition coefficient (Wildman–Crippen LogP) is 1.80. The minimum Gasteiger partial charge on any atom is -0.397 e. The van der Waals surface area contributed by atoms with Crippen LogP contribution in [0.3, 0.4) is 0 Å². The highest BCUT2D eigenvalue weighted by Crippen LogP contribution is 2.15. The molecule has 0 aliphatic heterocycles. The van der Waals surface area contributed by atoms with Crippen molar-refractivity contribution in [2.75, 3.05) is 5.73 Å². The van der Waals surface area contributed by atoms with Crippen LogP contribution in [0.25, 0.3) is 0 Å². The first-order valence-electron chi connectivity index (χ1n) is 5.43. The Bertz CT molecular complexity index is 672. The Morgan fingerprint density at radius 3 is 2.58 bits per heavy atom. The Balaban J connectivity index is 2.14. The van der Waals surface area contributed by atoms with Gasteiger partial charge in [0.1, 0.15) is 0 Å². The van der Waals surface area contributed by atoms with Crippen LogP contribution >= 0.6 is 11.6 Å². The van der Waals surface area contributed by atoms with Crippen molar-refractivity contribution in [3.05, 3.63) is 53.2 Å². The molecule has 2 rings (SSSR count). The molecule has 2 aromatic rings. The number of anilines is 1. The summed E-state index contributed by atoms with van der Waals surface area (Å²) in [4.78, 5) is 3.78. The van der Waals surface area contributed by atoms with Crippen molar-refractivity contribution in [3.63, 3.8) is 0 Å². The fourth-order valence-electron chi connectivity index (χ4n) is 1.44. The van der Waals surface area contributed by atoms with Crippen LogP contribution in [0.5, 0.6) is 0 Å². The van der Waals surface area contributed by atoms with Crippen molar-refractivity contribution < 1.29 is 8.42 Å². The van der Waals surface area contributed by atoms with E-state index in [0.717, 1.165) is 0 Å². The van der Waals surface area contributed by atoms with Crippen LogP contribution in [0.15, 0.2) is 47.6 Å². The van der Waals surface area contributed by atoms with E-state index in [2.05, 4.69) is 9.71 Å². The topological polar surface area (TPSA) is 85.1 Å². The molecule has 0 aliphatic rings. The fourth-order valence-corrected chi connectivity index (χ4v) is 2.57. The SMILES string of the molecule is Nc1ccc(S(=O)(=O)NCc2ccccc2Cl)nc1. The molecule has 7 heteroatoms. The Hall–Kier alpha value is -1.63. The van der Waals surface area contributed by atoms with E-state index >= 15 is 0 Å². The number of aromatic nitrogens is 1. The van der Waals surface area contributed by atoms with E-state index in [1.54, 1.807) is 24.3 Å². The molecular weight excluding hydrogens is 286 g/mol. The maximum atomic E-state index is 12.0. The summed E-state index contributed by atoms with van der Waals surface area (Å²) in [5.41, 5.74) is 6.56. The van der Waals surface area contributed by atoms with Crippen molar-refractivity contribution >= 4 is 27.3 Å². The third kappa shape index (κ3) is 3.44. The molecule has 0 atom stereocenters. The first-order valence-corrected chi connectivity index (χ1v) is 7.30. The number of nitrogens with two attached hydrogens (primary N) is 1. The minimum atomic E-state index is -3.67. The van der Waals surface area contributed by atoms with Crippen LogP contribution < -0.4 is 10.5 Å². The van der Waals surface area contributed by atoms with E-state index in [1.807, 2.05) is 0 Å². The van der Waals surface area contributed by atoms with Gasteiger partial charge in [0.2, 0.25) is 0 Å². The third-order valence-electron chi connectivity index (χ3n) is 2.45. The Labute approximate surface area is 116 Å². The lowest BCUT2D eigenvalue weighted by Gasteiger charge is -2.07. The fraction of sp³-hybridized carbons (Fsp3) is 0.0833. The summed E-state index contributed by atoms with van der Waals surface area (Å²) >= 11 is 5.95. The van der Waals surface area contributed by atoms with Crippen LogP contribution in [0.4, 0.5) is 5.69 Å². The van der Waals surface area contributed by atoms with E-state index in [1.165, 1.54) is 18.3 Å². The quantitative estimate of drug-likeness (QED) is 0.901. The van der Waals surface area contributed by atoms with Gasteiger partial charge in [0.25, 0.3) is 10.0 Å². The molecule has 1 heterocycles. The Morgan fingerprint density at radius 2 is 1.95 bits per heavy atom. The highest BCUT2D eigenvalue weighted by Gasteiger charge is 2.15. The number of benzene rings is 1. The molecule has 100 valence electrons. The van der Waals surface area contributed by atoms with Crippen molar-refractivity contribution in [1.82, 2.24) is 9.71 Å². The summed E-state index contributed by atoms with van der Waals surface area (Å²) in [5.74, 6) is 0. The van der Waals surface area contributed by atoms with E-state index < -0.39 is 10.0 Å². The van der Waals surface area contributed by atoms with Gasteiger partial charge in [-0.1, -0.05) is 29.8 Å². The zero-order valence-corrected chi connectivity index (χ0v) is 11.4. The molecular formula is C12H12ClN3O2S. The summed E-state index contributed by atoms with van der Waals surface area (Å²) in [6.07, 6.45) is 1.30. The first-order chi connectivity index (χ1) is 8.99. The lowest BCUT2D eigenvalue weighted by Crippen LogP contribution is -2.24. The van der Waals surface area contributed by atoms with Crippen LogP contribution in [0.2, 0.25) is 5.02 Å². The number of halogens is 1. The van der Waals surface area contributed by atoms with Gasteiger partial charge in [0.05, 0.1) is 11.9 Å². The average molecular weight is 298 g/mol. The summed E-state index contributed by atoms with van der Waals surface area (Å²) in [7, 11) is -3.67. The molecule has 0 saturated heterocycles. The Morgan fingerprint density at radius 1 is 1.21 bits per heavy atom. The second-order valence-electron chi connectivity index (χ2n) is 3.85. The van der Waals surface area contributed by atoms with Gasteiger partial charge in [-0.3, -0.25) is 0 Å². The van der Waals surface area contributed by atoms with Crippen LogP contribution in [0, 0.1) is 0 Å². The monoisotopic (exact) mass is 297 g/mol. The number of nitrogens with one attached hydrogen (secondary N) is 1. The summed E-state index contributed by atoms with van der Waals surface area (Å²) in [6.45, 7) is 0.105. The average Bonchev–Trinajstić information content (AvgIpc) is 2.38. The van der Waals surface area contributed by atoms with Gasteiger partial charge < -0.3 is 5.73 Å². The molecule has 3 N–H and O–H groups in total. The zero-order chi connectivity index (χ0) is 13.9. The molecule has 5 nitrogen and oxygen atoms in total. The number of sulfonamides is 1. The third-order valence-corrected chi connectivity index (χ3v) is 4.13. The first kappa shape index (κ1) is 13.8. The second kappa shape index (κ2) is 5.56. The highest BCUT2D eigenvalue weighted by atomic mass is 35.5. The van der Waals surface area contributed by atoms with Crippen molar-refractivity contribution in [3.8, 4) is 0 Å². The predicted molar refractivity (Wildman–Crippen MR) is 74.1 cm³/mol. The molecule has 19 heavy (non-hydrogen) atoms. The summed E-state index contributed by atoms with van der Waals surface area (Å²) in [5, 5.41) is 0.434. The maximum absolute atomic E-state index is 12.0. The molecule has 0 bridgehead atoms. The van der Waals surface area contributed by atoms with Crippen molar-refractivity contribution in [1.29, 1.82) is 0 Å². The standard InChI is InChI=1S/C12H12ClN3O2S/c13-11-4-2-1-3-9(11)7-16-19(17,18)12-6-5-10(14)8-15-12/h1-6,8,16H,7,14H2. The number of rotatable bonds is 4. The normalized spacial score (nSPS) is 11.4. The second-order valence-corrected chi connectivity index (χ2v) is 5.97. The van der Waals surface area contributed by atoms with Gasteiger partial charge in [-0.2, -0.15) is 0 Å². The number of hydrogen-bond donors (Lipinski definition) is 2. The molecule has 0 unspecified atom stereocenters. The van der Waals surface area contributed by atoms with Gasteiger partial charge in [-0.05, 0) is 23.8 Å². The summed E-state index contributed by atoms with van der Waals surface area (Å²) in [6, 6.07) is 9.86. The number of hydrogen-bond acceptors (Lipinski definition) is 4. The molecule has 0 saturated carbocycles. The summed E-state index contributed by atoms with van der Waals surface area (Å²) < 4.78 is 26.4. The van der Waals surface area contributed by atoms with Crippen LogP contribution in [0.1, 0.15) is 5.56 Å². The maximum Gasteiger partial charge on any atom is 0.258 e. The molecule has 1 aromatic carbocycles. The molecule has 0 spiro atoms. The molecule has 0 radical (unpaired) electrons. The molecule has 0 aliphatic carbocycles. The lowest BCUT2D eigenvalue weighted by molar-refractivity contribution is 0.577. The zero-order valence-electron chi connectivity index (χ0n) is 9.88. The highest BCUT2D eigenvalue weighted by molar-refractivity contribution is 7.89. The van der Waals surface area contributed by atoms with Crippen molar-refractivity contribution in [2.24, 2.45) is 0 Å².